The van der Waals surface area contributed by atoms with Crippen LogP contribution in [0.2, 0.25) is 0 Å². The van der Waals surface area contributed by atoms with Crippen LogP contribution in [-0.2, 0) is 4.79 Å². The van der Waals surface area contributed by atoms with Gasteiger partial charge < -0.3 is 20.6 Å². The highest BCUT2D eigenvalue weighted by Crippen LogP contribution is 2.17. The van der Waals surface area contributed by atoms with Gasteiger partial charge in [-0.05, 0) is 12.8 Å². The lowest BCUT2D eigenvalue weighted by molar-refractivity contribution is -0.131. The van der Waals surface area contributed by atoms with Gasteiger partial charge in [-0.15, -0.1) is 0 Å². The molecule has 3 unspecified atom stereocenters. The zero-order valence-corrected chi connectivity index (χ0v) is 35.5. The van der Waals surface area contributed by atoms with Crippen molar-refractivity contribution in [2.45, 2.75) is 289 Å². The Labute approximate surface area is 326 Å². The molecule has 0 spiro atoms. The first-order valence-electron chi connectivity index (χ1n) is 23.8. The van der Waals surface area contributed by atoms with Crippen molar-refractivity contribution in [2.75, 3.05) is 6.61 Å². The number of rotatable bonds is 44. The van der Waals surface area contributed by atoms with Gasteiger partial charge in [0.25, 0.3) is 0 Å². The van der Waals surface area contributed by atoms with E-state index in [0.29, 0.717) is 12.8 Å². The van der Waals surface area contributed by atoms with Crippen molar-refractivity contribution >= 4 is 5.91 Å². The van der Waals surface area contributed by atoms with Gasteiger partial charge in [-0.1, -0.05) is 258 Å². The molecule has 0 aromatic heterocycles. The van der Waals surface area contributed by atoms with Crippen molar-refractivity contribution in [1.82, 2.24) is 5.32 Å². The third-order valence-electron chi connectivity index (χ3n) is 11.5. The Kier molecular flexibility index (Phi) is 42.5. The second kappa shape index (κ2) is 43.1. The zero-order chi connectivity index (χ0) is 38.0. The summed E-state index contributed by atoms with van der Waals surface area (Å²) < 4.78 is 0. The Morgan fingerprint density at radius 1 is 0.385 bits per heavy atom. The van der Waals surface area contributed by atoms with Gasteiger partial charge in [0.05, 0.1) is 18.8 Å². The Bertz CT molecular complexity index is 688. The molecule has 5 nitrogen and oxygen atoms in total. The average Bonchev–Trinajstić information content (AvgIpc) is 3.15. The summed E-state index contributed by atoms with van der Waals surface area (Å²) in [6, 6.07) is -0.706. The summed E-state index contributed by atoms with van der Waals surface area (Å²) in [5, 5.41) is 33.4. The van der Waals surface area contributed by atoms with E-state index in [9.17, 15) is 20.1 Å². The number of aliphatic hydroxyl groups excluding tert-OH is 3. The number of hydrogen-bond donors (Lipinski definition) is 4. The van der Waals surface area contributed by atoms with Crippen LogP contribution in [0.1, 0.15) is 271 Å². The summed E-state index contributed by atoms with van der Waals surface area (Å²) >= 11 is 0. The van der Waals surface area contributed by atoms with Crippen molar-refractivity contribution in [2.24, 2.45) is 0 Å². The quantitative estimate of drug-likeness (QED) is 0.0469. The molecule has 0 saturated heterocycles. The normalized spacial score (nSPS) is 13.4. The topological polar surface area (TPSA) is 89.8 Å². The maximum Gasteiger partial charge on any atom is 0.249 e. The Hall–Kier alpha value is -0.650. The molecule has 1 amide bonds. The summed E-state index contributed by atoms with van der Waals surface area (Å²) in [4.78, 5) is 12.5. The average molecular weight is 738 g/mol. The second-order valence-electron chi connectivity index (χ2n) is 16.7. The Morgan fingerprint density at radius 3 is 0.865 bits per heavy atom. The summed E-state index contributed by atoms with van der Waals surface area (Å²) in [5.41, 5.74) is 0. The molecule has 0 aromatic rings. The molecule has 0 rings (SSSR count). The van der Waals surface area contributed by atoms with E-state index in [2.05, 4.69) is 19.2 Å². The molecule has 0 fully saturated rings. The summed E-state index contributed by atoms with van der Waals surface area (Å²) in [6.07, 6.45) is 49.7. The molecule has 0 radical (unpaired) electrons. The molecule has 5 heteroatoms. The van der Waals surface area contributed by atoms with Crippen LogP contribution in [0.3, 0.4) is 0 Å². The van der Waals surface area contributed by atoms with Crippen LogP contribution in [-0.4, -0.2) is 46.1 Å². The highest BCUT2D eigenvalue weighted by molar-refractivity contribution is 5.80. The minimum absolute atomic E-state index is 0.308. The van der Waals surface area contributed by atoms with Gasteiger partial charge in [0.1, 0.15) is 6.10 Å². The molecular formula is C47H95NO4. The van der Waals surface area contributed by atoms with E-state index in [1.165, 1.54) is 212 Å². The van der Waals surface area contributed by atoms with Gasteiger partial charge in [-0.2, -0.15) is 0 Å². The third-order valence-corrected chi connectivity index (χ3v) is 11.5. The fourth-order valence-corrected chi connectivity index (χ4v) is 7.72. The van der Waals surface area contributed by atoms with Crippen molar-refractivity contribution in [1.29, 1.82) is 0 Å². The Balaban J connectivity index is 3.54. The van der Waals surface area contributed by atoms with E-state index in [4.69, 9.17) is 0 Å². The SMILES string of the molecule is CCCCCCCCCCCCCCCCCCCCCCCCC(O)C(=O)NC(CO)C(O)CCCCCCCCCCCCCCCCCC. The summed E-state index contributed by atoms with van der Waals surface area (Å²) in [5.74, 6) is -0.464. The fraction of sp³-hybridized carbons (Fsp3) is 0.979. The highest BCUT2D eigenvalue weighted by atomic mass is 16.3. The van der Waals surface area contributed by atoms with Crippen LogP contribution < -0.4 is 5.32 Å². The first-order valence-corrected chi connectivity index (χ1v) is 23.8. The van der Waals surface area contributed by atoms with Crippen LogP contribution in [0.25, 0.3) is 0 Å². The molecule has 0 heterocycles. The van der Waals surface area contributed by atoms with E-state index < -0.39 is 24.2 Å². The van der Waals surface area contributed by atoms with Crippen LogP contribution >= 0.6 is 0 Å². The predicted molar refractivity (Wildman–Crippen MR) is 227 cm³/mol. The van der Waals surface area contributed by atoms with Gasteiger partial charge in [0, 0.05) is 0 Å². The lowest BCUT2D eigenvalue weighted by atomic mass is 10.0. The lowest BCUT2D eigenvalue weighted by Gasteiger charge is -2.23. The van der Waals surface area contributed by atoms with Crippen LogP contribution in [0.15, 0.2) is 0 Å². The summed E-state index contributed by atoms with van der Waals surface area (Å²) in [6.45, 7) is 4.26. The Morgan fingerprint density at radius 2 is 0.615 bits per heavy atom. The molecule has 0 bridgehead atoms. The van der Waals surface area contributed by atoms with Gasteiger partial charge in [-0.3, -0.25) is 4.79 Å². The van der Waals surface area contributed by atoms with E-state index in [1.807, 2.05) is 0 Å². The number of carbonyl (C=O) groups is 1. The van der Waals surface area contributed by atoms with E-state index in [-0.39, 0.29) is 6.61 Å². The molecule has 52 heavy (non-hydrogen) atoms. The molecule has 0 aliphatic rings. The number of amides is 1. The number of aliphatic hydroxyl groups is 3. The van der Waals surface area contributed by atoms with E-state index in [0.717, 1.165) is 32.1 Å². The zero-order valence-electron chi connectivity index (χ0n) is 35.5. The largest absolute Gasteiger partial charge is 0.394 e. The molecular weight excluding hydrogens is 643 g/mol. The van der Waals surface area contributed by atoms with Gasteiger partial charge in [-0.25, -0.2) is 0 Å². The monoisotopic (exact) mass is 738 g/mol. The van der Waals surface area contributed by atoms with Crippen LogP contribution in [0.5, 0.6) is 0 Å². The van der Waals surface area contributed by atoms with Crippen LogP contribution in [0, 0.1) is 0 Å². The molecule has 0 aliphatic heterocycles. The maximum absolute atomic E-state index is 12.5. The van der Waals surface area contributed by atoms with Gasteiger partial charge >= 0.3 is 0 Å². The van der Waals surface area contributed by atoms with Gasteiger partial charge in [0.2, 0.25) is 5.91 Å². The standard InChI is InChI=1S/C47H95NO4/c1-3-5-7-9-11-13-15-17-19-21-22-23-24-25-26-28-30-32-34-36-38-40-42-46(51)47(52)48-44(43-49)45(50)41-39-37-35-33-31-29-27-20-18-16-14-12-10-8-6-4-2/h44-46,49-51H,3-43H2,1-2H3,(H,48,52). The highest BCUT2D eigenvalue weighted by Gasteiger charge is 2.23. The van der Waals surface area contributed by atoms with Crippen molar-refractivity contribution < 1.29 is 20.1 Å². The van der Waals surface area contributed by atoms with E-state index >= 15 is 0 Å². The molecule has 0 saturated carbocycles. The molecule has 3 atom stereocenters. The molecule has 0 aromatic carbocycles. The predicted octanol–water partition coefficient (Wildman–Crippen LogP) is 13.8. The smallest absolute Gasteiger partial charge is 0.249 e. The van der Waals surface area contributed by atoms with Crippen molar-refractivity contribution in [3.63, 3.8) is 0 Å². The number of nitrogens with one attached hydrogen (secondary N) is 1. The van der Waals surface area contributed by atoms with Crippen molar-refractivity contribution in [3.05, 3.63) is 0 Å². The minimum Gasteiger partial charge on any atom is -0.394 e. The lowest BCUT2D eigenvalue weighted by Crippen LogP contribution is -2.49. The van der Waals surface area contributed by atoms with E-state index in [1.54, 1.807) is 0 Å². The number of unbranched alkanes of at least 4 members (excludes halogenated alkanes) is 36. The maximum atomic E-state index is 12.5. The first kappa shape index (κ1) is 51.4. The van der Waals surface area contributed by atoms with Crippen LogP contribution in [0.4, 0.5) is 0 Å². The number of hydrogen-bond acceptors (Lipinski definition) is 4. The first-order chi connectivity index (χ1) is 25.6. The molecule has 0 aliphatic carbocycles. The summed E-state index contributed by atoms with van der Waals surface area (Å²) in [7, 11) is 0. The van der Waals surface area contributed by atoms with Crippen molar-refractivity contribution in [3.8, 4) is 0 Å². The minimum atomic E-state index is -1.07. The van der Waals surface area contributed by atoms with Gasteiger partial charge in [0.15, 0.2) is 0 Å². The second-order valence-corrected chi connectivity index (χ2v) is 16.7. The molecule has 4 N–H and O–H groups in total. The third kappa shape index (κ3) is 37.7. The number of carbonyl (C=O) groups excluding carboxylic acids is 1. The fourth-order valence-electron chi connectivity index (χ4n) is 7.72. The molecule has 312 valence electrons.